The van der Waals surface area contributed by atoms with Crippen LogP contribution >= 0.6 is 22.7 Å². The average molecular weight is 333 g/mol. The average Bonchev–Trinajstić information content (AvgIpc) is 3.32. The van der Waals surface area contributed by atoms with E-state index in [4.69, 9.17) is 0 Å². The molecular weight excluding hydrogens is 322 g/mol. The summed E-state index contributed by atoms with van der Waals surface area (Å²) >= 11 is 3.49. The molecule has 0 amide bonds. The van der Waals surface area contributed by atoms with E-state index in [9.17, 15) is 0 Å². The van der Waals surface area contributed by atoms with E-state index in [0.29, 0.717) is 0 Å². The number of hydrogen-bond donors (Lipinski definition) is 0. The van der Waals surface area contributed by atoms with Gasteiger partial charge in [-0.1, -0.05) is 24.3 Å². The Hall–Kier alpha value is -2.50. The second-order valence-corrected chi connectivity index (χ2v) is 7.30. The molecule has 0 N–H and O–H groups in total. The standard InChI is InChI=1S/C18H11N3S2/c1-2-5-15-12(4-1)8-17(23-15)14-9-20-18-10-19-13(11-21(14)18)16-6-3-7-22-16/h1-11H. The summed E-state index contributed by atoms with van der Waals surface area (Å²) in [6.07, 6.45) is 5.85. The maximum atomic E-state index is 4.53. The van der Waals surface area contributed by atoms with Gasteiger partial charge in [-0.3, -0.25) is 4.40 Å². The molecule has 0 saturated heterocycles. The van der Waals surface area contributed by atoms with Crippen molar-refractivity contribution in [2.75, 3.05) is 0 Å². The fraction of sp³-hybridized carbons (Fsp3) is 0. The number of fused-ring (bicyclic) bond motifs is 2. The Morgan fingerprint density at radius 1 is 0.913 bits per heavy atom. The Balaban J connectivity index is 1.73. The number of imidazole rings is 1. The molecule has 23 heavy (non-hydrogen) atoms. The van der Waals surface area contributed by atoms with Gasteiger partial charge in [0.25, 0.3) is 0 Å². The van der Waals surface area contributed by atoms with E-state index in [1.807, 2.05) is 18.5 Å². The number of thiophene rings is 2. The van der Waals surface area contributed by atoms with E-state index in [1.165, 1.54) is 19.8 Å². The summed E-state index contributed by atoms with van der Waals surface area (Å²) < 4.78 is 3.43. The lowest BCUT2D eigenvalue weighted by Gasteiger charge is -2.01. The summed E-state index contributed by atoms with van der Waals surface area (Å²) in [6, 6.07) is 14.8. The zero-order valence-corrected chi connectivity index (χ0v) is 13.6. The quantitative estimate of drug-likeness (QED) is 0.436. The molecule has 0 spiro atoms. The Bertz CT molecular complexity index is 1090. The Kier molecular flexibility index (Phi) is 2.83. The van der Waals surface area contributed by atoms with E-state index >= 15 is 0 Å². The van der Waals surface area contributed by atoms with Crippen LogP contribution in [-0.4, -0.2) is 14.4 Å². The van der Waals surface area contributed by atoms with Gasteiger partial charge >= 0.3 is 0 Å². The molecule has 0 saturated carbocycles. The van der Waals surface area contributed by atoms with Crippen molar-refractivity contribution in [1.29, 1.82) is 0 Å². The summed E-state index contributed by atoms with van der Waals surface area (Å²) in [4.78, 5) is 11.4. The topological polar surface area (TPSA) is 30.2 Å². The van der Waals surface area contributed by atoms with Gasteiger partial charge in [0.1, 0.15) is 0 Å². The molecule has 0 atom stereocenters. The van der Waals surface area contributed by atoms with Crippen molar-refractivity contribution < 1.29 is 0 Å². The predicted molar refractivity (Wildman–Crippen MR) is 97.1 cm³/mol. The maximum absolute atomic E-state index is 4.53. The first kappa shape index (κ1) is 13.0. The molecule has 5 heteroatoms. The normalized spacial score (nSPS) is 11.5. The van der Waals surface area contributed by atoms with Gasteiger partial charge in [-0.25, -0.2) is 9.97 Å². The van der Waals surface area contributed by atoms with Crippen LogP contribution in [0.2, 0.25) is 0 Å². The second kappa shape index (κ2) is 5.01. The zero-order chi connectivity index (χ0) is 15.2. The SMILES string of the molecule is c1csc(-c2cn3c(-c4cc5ccccc5s4)cnc3cn2)c1. The lowest BCUT2D eigenvalue weighted by Crippen LogP contribution is -1.90. The first-order chi connectivity index (χ1) is 11.4. The molecule has 0 radical (unpaired) electrons. The van der Waals surface area contributed by atoms with Crippen LogP contribution in [0.5, 0.6) is 0 Å². The number of hydrogen-bond acceptors (Lipinski definition) is 4. The van der Waals surface area contributed by atoms with E-state index in [2.05, 4.69) is 62.3 Å². The molecule has 3 nitrogen and oxygen atoms in total. The molecule has 5 aromatic rings. The molecule has 0 aliphatic heterocycles. The van der Waals surface area contributed by atoms with Gasteiger partial charge in [-0.05, 0) is 29.0 Å². The van der Waals surface area contributed by atoms with E-state index in [-0.39, 0.29) is 0 Å². The monoisotopic (exact) mass is 333 g/mol. The minimum atomic E-state index is 0.873. The molecule has 0 aliphatic rings. The van der Waals surface area contributed by atoms with Crippen LogP contribution in [0.25, 0.3) is 36.9 Å². The Morgan fingerprint density at radius 2 is 1.87 bits per heavy atom. The van der Waals surface area contributed by atoms with Crippen LogP contribution in [0.3, 0.4) is 0 Å². The Labute approximate surface area is 140 Å². The van der Waals surface area contributed by atoms with Crippen LogP contribution < -0.4 is 0 Å². The number of aromatic nitrogens is 3. The summed E-state index contributed by atoms with van der Waals surface area (Å²) in [5.41, 5.74) is 2.96. The molecule has 0 fully saturated rings. The van der Waals surface area contributed by atoms with Gasteiger partial charge in [0.2, 0.25) is 0 Å². The molecule has 110 valence electrons. The van der Waals surface area contributed by atoms with Gasteiger partial charge in [0, 0.05) is 10.9 Å². The molecule has 4 aromatic heterocycles. The first-order valence-corrected chi connectivity index (χ1v) is 8.94. The van der Waals surface area contributed by atoms with Crippen molar-refractivity contribution in [2.45, 2.75) is 0 Å². The smallest absolute Gasteiger partial charge is 0.155 e. The van der Waals surface area contributed by atoms with Crippen molar-refractivity contribution in [1.82, 2.24) is 14.4 Å². The van der Waals surface area contributed by atoms with Crippen molar-refractivity contribution in [2.24, 2.45) is 0 Å². The highest BCUT2D eigenvalue weighted by molar-refractivity contribution is 7.22. The zero-order valence-electron chi connectivity index (χ0n) is 12.0. The molecule has 0 unspecified atom stereocenters. The predicted octanol–water partition coefficient (Wildman–Crippen LogP) is 5.34. The largest absolute Gasteiger partial charge is 0.295 e. The lowest BCUT2D eigenvalue weighted by molar-refractivity contribution is 1.14. The Morgan fingerprint density at radius 3 is 2.74 bits per heavy atom. The highest BCUT2D eigenvalue weighted by atomic mass is 32.1. The van der Waals surface area contributed by atoms with Crippen LogP contribution in [0.4, 0.5) is 0 Å². The highest BCUT2D eigenvalue weighted by Gasteiger charge is 2.11. The molecule has 5 rings (SSSR count). The maximum Gasteiger partial charge on any atom is 0.155 e. The third-order valence-electron chi connectivity index (χ3n) is 3.85. The summed E-state index contributed by atoms with van der Waals surface area (Å²) in [6.45, 7) is 0. The van der Waals surface area contributed by atoms with E-state index in [0.717, 1.165) is 17.0 Å². The van der Waals surface area contributed by atoms with Gasteiger partial charge in [-0.2, -0.15) is 0 Å². The number of benzene rings is 1. The third kappa shape index (κ3) is 2.09. The first-order valence-electron chi connectivity index (χ1n) is 7.24. The minimum absolute atomic E-state index is 0.873. The fourth-order valence-electron chi connectivity index (χ4n) is 2.73. The van der Waals surface area contributed by atoms with Crippen molar-refractivity contribution in [3.63, 3.8) is 0 Å². The van der Waals surface area contributed by atoms with Gasteiger partial charge in [0.05, 0.1) is 33.5 Å². The van der Waals surface area contributed by atoms with Crippen molar-refractivity contribution in [3.05, 3.63) is 66.4 Å². The molecule has 0 aliphatic carbocycles. The van der Waals surface area contributed by atoms with Crippen molar-refractivity contribution >= 4 is 38.4 Å². The van der Waals surface area contributed by atoms with Gasteiger partial charge < -0.3 is 0 Å². The number of rotatable bonds is 2. The van der Waals surface area contributed by atoms with E-state index < -0.39 is 0 Å². The molecule has 1 aromatic carbocycles. The molecule has 4 heterocycles. The minimum Gasteiger partial charge on any atom is -0.295 e. The number of nitrogens with zero attached hydrogens (tertiary/aromatic N) is 3. The van der Waals surface area contributed by atoms with Crippen molar-refractivity contribution in [3.8, 4) is 21.1 Å². The summed E-state index contributed by atoms with van der Waals surface area (Å²) in [7, 11) is 0. The molecule has 0 bridgehead atoms. The highest BCUT2D eigenvalue weighted by Crippen LogP contribution is 2.34. The van der Waals surface area contributed by atoms with Gasteiger partial charge in [0.15, 0.2) is 5.65 Å². The van der Waals surface area contributed by atoms with Crippen LogP contribution in [0, 0.1) is 0 Å². The summed E-state index contributed by atoms with van der Waals surface area (Å²) in [5.74, 6) is 0. The lowest BCUT2D eigenvalue weighted by atomic mass is 10.2. The molecular formula is C18H11N3S2. The summed E-state index contributed by atoms with van der Waals surface area (Å²) in [5, 5.41) is 3.34. The van der Waals surface area contributed by atoms with Crippen LogP contribution in [0.15, 0.2) is 66.4 Å². The van der Waals surface area contributed by atoms with Crippen LogP contribution in [-0.2, 0) is 0 Å². The van der Waals surface area contributed by atoms with Gasteiger partial charge in [-0.15, -0.1) is 22.7 Å². The fourth-order valence-corrected chi connectivity index (χ4v) is 4.49. The third-order valence-corrected chi connectivity index (χ3v) is 5.88. The van der Waals surface area contributed by atoms with E-state index in [1.54, 1.807) is 22.7 Å². The second-order valence-electron chi connectivity index (χ2n) is 5.27. The van der Waals surface area contributed by atoms with Crippen LogP contribution in [0.1, 0.15) is 0 Å².